The zero-order valence-electron chi connectivity index (χ0n) is 17.0. The van der Waals surface area contributed by atoms with Crippen molar-refractivity contribution in [3.63, 3.8) is 0 Å². The molecule has 2 aromatic carbocycles. The van der Waals surface area contributed by atoms with Crippen LogP contribution in [0.2, 0.25) is 0 Å². The highest BCUT2D eigenvalue weighted by Gasteiger charge is 2.34. The van der Waals surface area contributed by atoms with E-state index in [-0.39, 0.29) is 29.6 Å². The molecule has 0 aliphatic carbocycles. The Morgan fingerprint density at radius 3 is 2.53 bits per heavy atom. The lowest BCUT2D eigenvalue weighted by Crippen LogP contribution is -2.52. The van der Waals surface area contributed by atoms with Gasteiger partial charge in [0.25, 0.3) is 0 Å². The second-order valence-corrected chi connectivity index (χ2v) is 7.74. The Bertz CT molecular complexity index is 927. The topological polar surface area (TPSA) is 61.9 Å². The molecule has 7 heteroatoms. The van der Waals surface area contributed by atoms with E-state index in [1.165, 1.54) is 6.07 Å². The average Bonchev–Trinajstić information content (AvgIpc) is 2.79. The zero-order chi connectivity index (χ0) is 21.1. The third-order valence-corrected chi connectivity index (χ3v) is 5.79. The van der Waals surface area contributed by atoms with Gasteiger partial charge in [-0.1, -0.05) is 31.2 Å². The molecule has 0 bridgehead atoms. The van der Waals surface area contributed by atoms with Crippen molar-refractivity contribution in [2.75, 3.05) is 29.9 Å². The molecule has 0 aromatic heterocycles. The predicted molar refractivity (Wildman–Crippen MR) is 113 cm³/mol. The van der Waals surface area contributed by atoms with Crippen LogP contribution >= 0.6 is 0 Å². The third kappa shape index (κ3) is 4.10. The van der Waals surface area contributed by atoms with Crippen LogP contribution in [0.3, 0.4) is 0 Å². The molecule has 30 heavy (non-hydrogen) atoms. The second-order valence-electron chi connectivity index (χ2n) is 7.74. The van der Waals surface area contributed by atoms with Gasteiger partial charge in [-0.15, -0.1) is 0 Å². The monoisotopic (exact) mass is 411 g/mol. The molecular weight excluding hydrogens is 385 g/mol. The number of benzene rings is 2. The largest absolute Gasteiger partial charge is 0.486 e. The van der Waals surface area contributed by atoms with Crippen LogP contribution in [0.4, 0.5) is 20.6 Å². The van der Waals surface area contributed by atoms with E-state index in [9.17, 15) is 14.0 Å². The lowest BCUT2D eigenvalue weighted by Gasteiger charge is -2.39. The van der Waals surface area contributed by atoms with E-state index in [1.54, 1.807) is 28.0 Å². The molecule has 4 rings (SSSR count). The molecule has 2 aliphatic heterocycles. The van der Waals surface area contributed by atoms with Crippen LogP contribution in [0.1, 0.15) is 26.2 Å². The Kier molecular flexibility index (Phi) is 5.88. The van der Waals surface area contributed by atoms with Gasteiger partial charge in [0.1, 0.15) is 17.7 Å². The van der Waals surface area contributed by atoms with Crippen molar-refractivity contribution in [3.05, 3.63) is 54.3 Å². The highest BCUT2D eigenvalue weighted by atomic mass is 19.1. The van der Waals surface area contributed by atoms with E-state index < -0.39 is 5.82 Å². The third-order valence-electron chi connectivity index (χ3n) is 5.79. The van der Waals surface area contributed by atoms with Crippen molar-refractivity contribution < 1.29 is 18.7 Å². The first-order valence-corrected chi connectivity index (χ1v) is 10.4. The predicted octanol–water partition coefficient (Wildman–Crippen LogP) is 4.27. The standard InChI is InChI=1S/C23H26FN3O3/c1-2-17-15-27(20-9-5-6-10-21(20)30-17)23(29)26-13-11-16(12-14-26)22(28)25-19-8-4-3-7-18(19)24/h3-10,16-17H,2,11-15H2,1H3,(H,25,28)/t17-/m0/s1. The first-order chi connectivity index (χ1) is 14.6. The van der Waals surface area contributed by atoms with Gasteiger partial charge in [0.05, 0.1) is 17.9 Å². The molecule has 1 fully saturated rings. The first kappa shape index (κ1) is 20.2. The van der Waals surface area contributed by atoms with E-state index in [2.05, 4.69) is 5.32 Å². The molecule has 158 valence electrons. The van der Waals surface area contributed by atoms with Gasteiger partial charge in [0, 0.05) is 19.0 Å². The number of amides is 3. The van der Waals surface area contributed by atoms with Gasteiger partial charge in [-0.3, -0.25) is 9.69 Å². The Labute approximate surface area is 175 Å². The van der Waals surface area contributed by atoms with Gasteiger partial charge < -0.3 is 15.0 Å². The lowest BCUT2D eigenvalue weighted by molar-refractivity contribution is -0.121. The molecule has 6 nitrogen and oxygen atoms in total. The lowest BCUT2D eigenvalue weighted by atomic mass is 9.96. The molecule has 0 spiro atoms. The number of halogens is 1. The number of ether oxygens (including phenoxy) is 1. The molecule has 2 aromatic rings. The number of nitrogens with zero attached hydrogens (tertiary/aromatic N) is 2. The molecule has 3 amide bonds. The number of anilines is 2. The fourth-order valence-electron chi connectivity index (χ4n) is 3.99. The number of hydrogen-bond acceptors (Lipinski definition) is 3. The highest BCUT2D eigenvalue weighted by Crippen LogP contribution is 2.35. The summed E-state index contributed by atoms with van der Waals surface area (Å²) in [5.74, 6) is -0.165. The van der Waals surface area contributed by atoms with Crippen LogP contribution in [0.5, 0.6) is 5.75 Å². The summed E-state index contributed by atoms with van der Waals surface area (Å²) >= 11 is 0. The minimum Gasteiger partial charge on any atom is -0.486 e. The van der Waals surface area contributed by atoms with Crippen LogP contribution in [-0.4, -0.2) is 42.6 Å². The maximum atomic E-state index is 13.8. The number of rotatable bonds is 3. The summed E-state index contributed by atoms with van der Waals surface area (Å²) in [7, 11) is 0. The van der Waals surface area contributed by atoms with E-state index in [4.69, 9.17) is 4.74 Å². The molecule has 0 unspecified atom stereocenters. The van der Waals surface area contributed by atoms with Crippen LogP contribution < -0.4 is 15.0 Å². The van der Waals surface area contributed by atoms with Crippen molar-refractivity contribution in [2.45, 2.75) is 32.3 Å². The first-order valence-electron chi connectivity index (χ1n) is 10.4. The maximum Gasteiger partial charge on any atom is 0.324 e. The van der Waals surface area contributed by atoms with Crippen LogP contribution in [0.25, 0.3) is 0 Å². The molecule has 1 atom stereocenters. The average molecular weight is 411 g/mol. The number of carbonyl (C=O) groups is 2. The Hall–Kier alpha value is -3.09. The van der Waals surface area contributed by atoms with E-state index >= 15 is 0 Å². The molecule has 1 saturated heterocycles. The fraction of sp³-hybridized carbons (Fsp3) is 0.391. The van der Waals surface area contributed by atoms with Crippen molar-refractivity contribution in [2.24, 2.45) is 5.92 Å². The van der Waals surface area contributed by atoms with E-state index in [0.29, 0.717) is 32.5 Å². The number of hydrogen-bond donors (Lipinski definition) is 1. The number of para-hydroxylation sites is 3. The number of fused-ring (bicyclic) bond motifs is 1. The van der Waals surface area contributed by atoms with Gasteiger partial charge in [-0.25, -0.2) is 9.18 Å². The quantitative estimate of drug-likeness (QED) is 0.820. The minimum absolute atomic E-state index is 0.0343. The van der Waals surface area contributed by atoms with Gasteiger partial charge in [0.15, 0.2) is 0 Å². The van der Waals surface area contributed by atoms with Gasteiger partial charge >= 0.3 is 6.03 Å². The number of nitrogens with one attached hydrogen (secondary N) is 1. The second kappa shape index (κ2) is 8.73. The molecule has 2 aliphatic rings. The van der Waals surface area contributed by atoms with Gasteiger partial charge in [-0.2, -0.15) is 0 Å². The van der Waals surface area contributed by atoms with Crippen molar-refractivity contribution >= 4 is 23.3 Å². The summed E-state index contributed by atoms with van der Waals surface area (Å²) in [6.07, 6.45) is 1.88. The smallest absolute Gasteiger partial charge is 0.324 e. The molecule has 2 heterocycles. The Balaban J connectivity index is 1.39. The van der Waals surface area contributed by atoms with E-state index in [0.717, 1.165) is 17.9 Å². The number of piperidine rings is 1. The van der Waals surface area contributed by atoms with Crippen LogP contribution in [0, 0.1) is 11.7 Å². The summed E-state index contributed by atoms with van der Waals surface area (Å²) in [4.78, 5) is 29.3. The summed E-state index contributed by atoms with van der Waals surface area (Å²) in [6.45, 7) is 3.54. The summed E-state index contributed by atoms with van der Waals surface area (Å²) in [5, 5.41) is 2.67. The summed E-state index contributed by atoms with van der Waals surface area (Å²) in [5.41, 5.74) is 0.975. The zero-order valence-corrected chi connectivity index (χ0v) is 17.0. The van der Waals surface area contributed by atoms with Crippen molar-refractivity contribution in [1.29, 1.82) is 0 Å². The van der Waals surface area contributed by atoms with Crippen LogP contribution in [-0.2, 0) is 4.79 Å². The molecular formula is C23H26FN3O3. The molecule has 0 radical (unpaired) electrons. The summed E-state index contributed by atoms with van der Waals surface area (Å²) < 4.78 is 19.8. The normalized spacial score (nSPS) is 19.1. The Morgan fingerprint density at radius 1 is 1.10 bits per heavy atom. The van der Waals surface area contributed by atoms with Gasteiger partial charge in [-0.05, 0) is 43.5 Å². The molecule has 1 N–H and O–H groups in total. The SMILES string of the molecule is CC[C@H]1CN(C(=O)N2CCC(C(=O)Nc3ccccc3F)CC2)c2ccccc2O1. The number of carbonyl (C=O) groups excluding carboxylic acids is 2. The van der Waals surface area contributed by atoms with Crippen LogP contribution in [0.15, 0.2) is 48.5 Å². The van der Waals surface area contributed by atoms with Crippen molar-refractivity contribution in [1.82, 2.24) is 4.90 Å². The minimum atomic E-state index is -0.449. The summed E-state index contributed by atoms with van der Waals surface area (Å²) in [6, 6.07) is 13.7. The highest BCUT2D eigenvalue weighted by molar-refractivity contribution is 5.95. The number of urea groups is 1. The molecule has 0 saturated carbocycles. The fourth-order valence-corrected chi connectivity index (χ4v) is 3.99. The number of likely N-dealkylation sites (tertiary alicyclic amines) is 1. The van der Waals surface area contributed by atoms with E-state index in [1.807, 2.05) is 31.2 Å². The maximum absolute atomic E-state index is 13.8. The Morgan fingerprint density at radius 2 is 1.80 bits per heavy atom. The van der Waals surface area contributed by atoms with Gasteiger partial charge in [0.2, 0.25) is 5.91 Å². The van der Waals surface area contributed by atoms with Crippen molar-refractivity contribution in [3.8, 4) is 5.75 Å².